The zero-order valence-corrected chi connectivity index (χ0v) is 12.6. The van der Waals surface area contributed by atoms with Gasteiger partial charge in [0.25, 0.3) is 0 Å². The van der Waals surface area contributed by atoms with Crippen LogP contribution >= 0.6 is 0 Å². The fourth-order valence-electron chi connectivity index (χ4n) is 2.22. The molecule has 0 aliphatic carbocycles. The summed E-state index contributed by atoms with van der Waals surface area (Å²) in [6.45, 7) is 3.37. The van der Waals surface area contributed by atoms with Crippen molar-refractivity contribution >= 4 is 5.97 Å². The molecule has 23 heavy (non-hydrogen) atoms. The third-order valence-corrected chi connectivity index (χ3v) is 3.31. The van der Waals surface area contributed by atoms with Crippen LogP contribution in [0.4, 0.5) is 4.39 Å². The van der Waals surface area contributed by atoms with Gasteiger partial charge in [-0.1, -0.05) is 17.3 Å². The van der Waals surface area contributed by atoms with Gasteiger partial charge in [-0.15, -0.1) is 0 Å². The van der Waals surface area contributed by atoms with Crippen molar-refractivity contribution < 1.29 is 22.9 Å². The number of carbonyl (C=O) groups excluding carboxylic acids is 1. The highest BCUT2D eigenvalue weighted by Crippen LogP contribution is 2.23. The molecule has 0 fully saturated rings. The molecule has 0 saturated heterocycles. The van der Waals surface area contributed by atoms with E-state index in [2.05, 4.69) is 5.16 Å². The van der Waals surface area contributed by atoms with E-state index in [0.717, 1.165) is 0 Å². The summed E-state index contributed by atoms with van der Waals surface area (Å²) in [6, 6.07) is 9.37. The Hall–Kier alpha value is -2.89. The van der Waals surface area contributed by atoms with Crippen molar-refractivity contribution in [2.45, 2.75) is 20.5 Å². The molecule has 2 heterocycles. The lowest BCUT2D eigenvalue weighted by Gasteiger charge is -2.00. The van der Waals surface area contributed by atoms with Gasteiger partial charge >= 0.3 is 5.97 Å². The van der Waals surface area contributed by atoms with Crippen LogP contribution < -0.4 is 0 Å². The largest absolute Gasteiger partial charge is 0.466 e. The number of carbonyl (C=O) groups is 1. The molecule has 0 saturated carbocycles. The number of esters is 1. The summed E-state index contributed by atoms with van der Waals surface area (Å²) in [5, 5.41) is 3.78. The molecule has 0 aliphatic rings. The van der Waals surface area contributed by atoms with Gasteiger partial charge < -0.3 is 13.7 Å². The fourth-order valence-corrected chi connectivity index (χ4v) is 2.22. The van der Waals surface area contributed by atoms with Gasteiger partial charge in [0.2, 0.25) is 0 Å². The van der Waals surface area contributed by atoms with Crippen LogP contribution in [0.15, 0.2) is 45.3 Å². The molecule has 3 rings (SSSR count). The van der Waals surface area contributed by atoms with Crippen molar-refractivity contribution in [1.29, 1.82) is 0 Å². The van der Waals surface area contributed by atoms with Gasteiger partial charge in [-0.25, -0.2) is 9.18 Å². The second-order valence-electron chi connectivity index (χ2n) is 5.07. The molecule has 3 aromatic rings. The molecule has 0 unspecified atom stereocenters. The van der Waals surface area contributed by atoms with Gasteiger partial charge in [0, 0.05) is 6.07 Å². The normalized spacial score (nSPS) is 10.7. The first-order chi connectivity index (χ1) is 11.0. The molecule has 0 spiro atoms. The van der Waals surface area contributed by atoms with E-state index in [1.54, 1.807) is 44.2 Å². The highest BCUT2D eigenvalue weighted by Gasteiger charge is 2.16. The third-order valence-electron chi connectivity index (χ3n) is 3.31. The van der Waals surface area contributed by atoms with E-state index in [9.17, 15) is 9.18 Å². The minimum atomic E-state index is -0.505. The second kappa shape index (κ2) is 6.08. The zero-order chi connectivity index (χ0) is 16.4. The summed E-state index contributed by atoms with van der Waals surface area (Å²) in [6.07, 6.45) is 0. The Balaban J connectivity index is 1.69. The second-order valence-corrected chi connectivity index (χ2v) is 5.07. The summed E-state index contributed by atoms with van der Waals surface area (Å²) >= 11 is 0. The maximum atomic E-state index is 13.7. The average Bonchev–Trinajstić information content (AvgIpc) is 3.12. The zero-order valence-electron chi connectivity index (χ0n) is 12.6. The molecular formula is C17H14FNO4. The van der Waals surface area contributed by atoms with E-state index in [1.807, 2.05) is 0 Å². The Bertz CT molecular complexity index is 850. The van der Waals surface area contributed by atoms with Crippen LogP contribution in [-0.4, -0.2) is 11.1 Å². The van der Waals surface area contributed by atoms with Crippen LogP contribution in [0.2, 0.25) is 0 Å². The van der Waals surface area contributed by atoms with E-state index in [0.29, 0.717) is 28.3 Å². The lowest BCUT2D eigenvalue weighted by Crippen LogP contribution is -2.05. The number of halogens is 1. The minimum absolute atomic E-state index is 0.0690. The quantitative estimate of drug-likeness (QED) is 0.680. The van der Waals surface area contributed by atoms with Crippen LogP contribution in [0, 0.1) is 19.7 Å². The lowest BCUT2D eigenvalue weighted by molar-refractivity contribution is 0.0462. The summed E-state index contributed by atoms with van der Waals surface area (Å²) in [7, 11) is 0. The van der Waals surface area contributed by atoms with E-state index in [4.69, 9.17) is 13.7 Å². The van der Waals surface area contributed by atoms with Crippen molar-refractivity contribution in [3.63, 3.8) is 0 Å². The number of rotatable bonds is 4. The van der Waals surface area contributed by atoms with Gasteiger partial charge in [-0.05, 0) is 32.0 Å². The number of aromatic nitrogens is 1. The highest BCUT2D eigenvalue weighted by molar-refractivity contribution is 5.90. The molecule has 6 heteroatoms. The molecule has 5 nitrogen and oxygen atoms in total. The average molecular weight is 315 g/mol. The maximum Gasteiger partial charge on any atom is 0.342 e. The first kappa shape index (κ1) is 15.0. The maximum absolute atomic E-state index is 13.7. The van der Waals surface area contributed by atoms with Crippen LogP contribution in [0.5, 0.6) is 0 Å². The summed E-state index contributed by atoms with van der Waals surface area (Å²) in [5.74, 6) is 0.508. The Morgan fingerprint density at radius 3 is 2.74 bits per heavy atom. The fraction of sp³-hybridized carbons (Fsp3) is 0.176. The van der Waals surface area contributed by atoms with Gasteiger partial charge in [-0.3, -0.25) is 0 Å². The van der Waals surface area contributed by atoms with Crippen LogP contribution in [0.25, 0.3) is 11.3 Å². The van der Waals surface area contributed by atoms with Crippen molar-refractivity contribution in [3.8, 4) is 11.3 Å². The monoisotopic (exact) mass is 315 g/mol. The van der Waals surface area contributed by atoms with E-state index >= 15 is 0 Å². The topological polar surface area (TPSA) is 65.5 Å². The molecule has 0 atom stereocenters. The Kier molecular flexibility index (Phi) is 3.97. The number of ether oxygens (including phenoxy) is 1. The van der Waals surface area contributed by atoms with Crippen LogP contribution in [0.1, 0.15) is 27.6 Å². The molecule has 0 radical (unpaired) electrons. The summed E-state index contributed by atoms with van der Waals surface area (Å²) in [5.41, 5.74) is 1.08. The number of hydrogen-bond acceptors (Lipinski definition) is 5. The molecule has 0 aliphatic heterocycles. The van der Waals surface area contributed by atoms with Gasteiger partial charge in [0.05, 0.1) is 5.56 Å². The van der Waals surface area contributed by atoms with Crippen LogP contribution in [0.3, 0.4) is 0 Å². The van der Waals surface area contributed by atoms with Crippen molar-refractivity contribution in [2.24, 2.45) is 0 Å². The SMILES string of the molecule is Cc1cc(C(=O)OCc2cc(-c3ccccc3F)on2)c(C)o1. The molecule has 0 amide bonds. The first-order valence-electron chi connectivity index (χ1n) is 6.99. The summed E-state index contributed by atoms with van der Waals surface area (Å²) in [4.78, 5) is 12.0. The Morgan fingerprint density at radius 1 is 1.26 bits per heavy atom. The van der Waals surface area contributed by atoms with Gasteiger partial charge in [0.1, 0.15) is 35.2 Å². The molecule has 1 aromatic carbocycles. The molecular weight excluding hydrogens is 301 g/mol. The molecule has 0 bridgehead atoms. The molecule has 0 N–H and O–H groups in total. The Morgan fingerprint density at radius 2 is 2.04 bits per heavy atom. The standard InChI is InChI=1S/C17H14FNO4/c1-10-7-14(11(2)22-10)17(20)21-9-12-8-16(23-19-12)13-5-3-4-6-15(13)18/h3-8H,9H2,1-2H3. The molecule has 118 valence electrons. The predicted molar refractivity (Wildman–Crippen MR) is 79.2 cm³/mol. The number of nitrogens with zero attached hydrogens (tertiary/aromatic N) is 1. The van der Waals surface area contributed by atoms with E-state index < -0.39 is 11.8 Å². The minimum Gasteiger partial charge on any atom is -0.466 e. The first-order valence-corrected chi connectivity index (χ1v) is 6.99. The van der Waals surface area contributed by atoms with Crippen molar-refractivity contribution in [1.82, 2.24) is 5.16 Å². The summed E-state index contributed by atoms with van der Waals surface area (Å²) < 4.78 is 29.2. The predicted octanol–water partition coefficient (Wildman–Crippen LogP) is 4.05. The smallest absolute Gasteiger partial charge is 0.342 e. The molecule has 2 aromatic heterocycles. The number of hydrogen-bond donors (Lipinski definition) is 0. The van der Waals surface area contributed by atoms with Crippen LogP contribution in [-0.2, 0) is 11.3 Å². The number of aryl methyl sites for hydroxylation is 2. The van der Waals surface area contributed by atoms with Crippen molar-refractivity contribution in [2.75, 3.05) is 0 Å². The Labute approximate surface area is 131 Å². The number of benzene rings is 1. The lowest BCUT2D eigenvalue weighted by atomic mass is 10.1. The van der Waals surface area contributed by atoms with Crippen molar-refractivity contribution in [3.05, 3.63) is 65.0 Å². The number of furan rings is 1. The highest BCUT2D eigenvalue weighted by atomic mass is 19.1. The van der Waals surface area contributed by atoms with E-state index in [-0.39, 0.29) is 12.4 Å². The van der Waals surface area contributed by atoms with Gasteiger partial charge in [0.15, 0.2) is 5.76 Å². The van der Waals surface area contributed by atoms with E-state index in [1.165, 1.54) is 6.07 Å². The van der Waals surface area contributed by atoms with Gasteiger partial charge in [-0.2, -0.15) is 0 Å². The third kappa shape index (κ3) is 3.15.